The quantitative estimate of drug-likeness (QED) is 0.0548. The zero-order valence-corrected chi connectivity index (χ0v) is 37.4. The SMILES string of the molecule is C.C.C.C.COC(=O)c1cccc(COc2ccc(I)cc2)c1.O=C(O)c1cccc(COc2ccc(-c3ccccc3Oc3ccccc3)cc2)c1.OB(O)c1ccccc1Oc1ccccc1. The molecule has 0 unspecified atom stereocenters. The first-order chi connectivity index (χ1) is 31.6. The van der Waals surface area contributed by atoms with Gasteiger partial charge in [0.05, 0.1) is 18.2 Å². The van der Waals surface area contributed by atoms with Gasteiger partial charge in [0.2, 0.25) is 0 Å². The number of carboxylic acids is 1. The molecule has 0 aliphatic heterocycles. The van der Waals surface area contributed by atoms with Crippen LogP contribution in [0.4, 0.5) is 0 Å². The molecule has 0 heterocycles. The number of hydrogen-bond acceptors (Lipinski definition) is 9. The molecule has 0 aromatic heterocycles. The lowest BCUT2D eigenvalue weighted by Gasteiger charge is -2.12. The van der Waals surface area contributed by atoms with Gasteiger partial charge in [0.25, 0.3) is 0 Å². The summed E-state index contributed by atoms with van der Waals surface area (Å²) < 4.78 is 28.9. The lowest BCUT2D eigenvalue weighted by atomic mass is 9.79. The van der Waals surface area contributed by atoms with Gasteiger partial charge in [-0.1, -0.05) is 139 Å². The van der Waals surface area contributed by atoms with Gasteiger partial charge in [0.15, 0.2) is 0 Å². The zero-order valence-electron chi connectivity index (χ0n) is 35.2. The van der Waals surface area contributed by atoms with Gasteiger partial charge in [-0.25, -0.2) is 9.59 Å². The van der Waals surface area contributed by atoms with Crippen LogP contribution in [0.1, 0.15) is 61.5 Å². The van der Waals surface area contributed by atoms with Crippen molar-refractivity contribution in [1.82, 2.24) is 0 Å². The van der Waals surface area contributed by atoms with Crippen molar-refractivity contribution < 1.29 is 48.4 Å². The summed E-state index contributed by atoms with van der Waals surface area (Å²) in [6.45, 7) is 0.722. The highest BCUT2D eigenvalue weighted by molar-refractivity contribution is 14.1. The summed E-state index contributed by atoms with van der Waals surface area (Å²) in [5, 5.41) is 27.4. The number of aromatic carboxylic acids is 1. The number of hydrogen-bond donors (Lipinski definition) is 3. The molecule has 0 atom stereocenters. The van der Waals surface area contributed by atoms with Crippen LogP contribution in [0.2, 0.25) is 0 Å². The fourth-order valence-corrected chi connectivity index (χ4v) is 6.47. The van der Waals surface area contributed by atoms with Gasteiger partial charge in [-0.2, -0.15) is 0 Å². The molecule has 8 aromatic rings. The van der Waals surface area contributed by atoms with E-state index in [0.717, 1.165) is 43.1 Å². The van der Waals surface area contributed by atoms with Crippen LogP contribution in [0.25, 0.3) is 11.1 Å². The second kappa shape index (κ2) is 30.1. The first-order valence-electron chi connectivity index (χ1n) is 20.3. The summed E-state index contributed by atoms with van der Waals surface area (Å²) in [6, 6.07) is 63.2. The Hall–Kier alpha value is -7.39. The lowest BCUT2D eigenvalue weighted by molar-refractivity contribution is 0.0599. The molecule has 0 bridgehead atoms. The van der Waals surface area contributed by atoms with E-state index in [0.29, 0.717) is 41.5 Å². The maximum Gasteiger partial charge on any atom is 0.492 e. The van der Waals surface area contributed by atoms with E-state index in [2.05, 4.69) is 27.3 Å². The van der Waals surface area contributed by atoms with E-state index in [1.807, 2.05) is 140 Å². The van der Waals surface area contributed by atoms with E-state index >= 15 is 0 Å². The predicted molar refractivity (Wildman–Crippen MR) is 287 cm³/mol. The smallest absolute Gasteiger partial charge is 0.489 e. The number of halogens is 1. The normalized spacial score (nSPS) is 9.57. The van der Waals surface area contributed by atoms with Gasteiger partial charge >= 0.3 is 19.1 Å². The van der Waals surface area contributed by atoms with Crippen molar-refractivity contribution in [1.29, 1.82) is 0 Å². The van der Waals surface area contributed by atoms with Crippen molar-refractivity contribution in [2.24, 2.45) is 0 Å². The van der Waals surface area contributed by atoms with Crippen molar-refractivity contribution in [2.45, 2.75) is 42.9 Å². The Balaban J connectivity index is 0.000000366. The third kappa shape index (κ3) is 18.3. The minimum atomic E-state index is -1.53. The molecule has 0 aliphatic rings. The molecule has 0 amide bonds. The minimum Gasteiger partial charge on any atom is -0.489 e. The number of ether oxygens (including phenoxy) is 5. The largest absolute Gasteiger partial charge is 0.492 e. The summed E-state index contributed by atoms with van der Waals surface area (Å²) in [4.78, 5) is 22.5. The molecular formula is C57H60BIO10. The number of methoxy groups -OCH3 is 1. The number of rotatable bonds is 14. The number of para-hydroxylation sites is 4. The molecule has 0 spiro atoms. The van der Waals surface area contributed by atoms with Crippen LogP contribution in [-0.4, -0.2) is 41.3 Å². The molecule has 8 aromatic carbocycles. The second-order valence-corrected chi connectivity index (χ2v) is 15.2. The number of carboxylic acid groups (broad SMARTS) is 1. The van der Waals surface area contributed by atoms with Gasteiger partial charge < -0.3 is 38.8 Å². The van der Waals surface area contributed by atoms with Crippen molar-refractivity contribution in [3.05, 3.63) is 232 Å². The highest BCUT2D eigenvalue weighted by atomic mass is 127. The molecule has 0 radical (unpaired) electrons. The molecule has 0 fully saturated rings. The van der Waals surface area contributed by atoms with Crippen LogP contribution in [0.5, 0.6) is 34.5 Å². The van der Waals surface area contributed by atoms with Gasteiger partial charge in [-0.05, 0) is 136 Å². The number of carbonyl (C=O) groups excluding carboxylic acids is 1. The van der Waals surface area contributed by atoms with Crippen molar-refractivity contribution in [3.8, 4) is 45.6 Å². The van der Waals surface area contributed by atoms with E-state index in [1.165, 1.54) is 7.11 Å². The third-order valence-corrected chi connectivity index (χ3v) is 10.1. The van der Waals surface area contributed by atoms with Crippen LogP contribution in [0, 0.1) is 3.57 Å². The van der Waals surface area contributed by atoms with Gasteiger partial charge in [0.1, 0.15) is 47.7 Å². The zero-order chi connectivity index (χ0) is 45.8. The van der Waals surface area contributed by atoms with Crippen molar-refractivity contribution >= 4 is 47.1 Å². The summed E-state index contributed by atoms with van der Waals surface area (Å²) in [7, 11) is -0.156. The van der Waals surface area contributed by atoms with E-state index in [4.69, 9.17) is 34.1 Å². The fraction of sp³-hybridized carbons (Fsp3) is 0.123. The molecule has 12 heteroatoms. The molecule has 10 nitrogen and oxygen atoms in total. The number of carbonyl (C=O) groups is 2. The average Bonchev–Trinajstić information content (AvgIpc) is 3.34. The van der Waals surface area contributed by atoms with E-state index in [9.17, 15) is 9.59 Å². The topological polar surface area (TPSA) is 141 Å². The van der Waals surface area contributed by atoms with E-state index in [1.54, 1.807) is 66.7 Å². The van der Waals surface area contributed by atoms with Crippen molar-refractivity contribution in [2.75, 3.05) is 7.11 Å². The Morgan fingerprint density at radius 3 is 1.46 bits per heavy atom. The number of esters is 1. The van der Waals surface area contributed by atoms with E-state index in [-0.39, 0.29) is 41.2 Å². The molecular weight excluding hydrogens is 982 g/mol. The summed E-state index contributed by atoms with van der Waals surface area (Å²) in [6.07, 6.45) is 0. The average molecular weight is 1040 g/mol. The monoisotopic (exact) mass is 1040 g/mol. The van der Waals surface area contributed by atoms with Gasteiger partial charge in [0, 0.05) is 14.6 Å². The molecule has 8 rings (SSSR count). The summed E-state index contributed by atoms with van der Waals surface area (Å²) >= 11 is 2.25. The van der Waals surface area contributed by atoms with E-state index < -0.39 is 13.1 Å². The van der Waals surface area contributed by atoms with Crippen LogP contribution < -0.4 is 24.4 Å². The summed E-state index contributed by atoms with van der Waals surface area (Å²) in [5.74, 6) is 2.91. The fourth-order valence-electron chi connectivity index (χ4n) is 6.11. The second-order valence-electron chi connectivity index (χ2n) is 14.0. The maximum atomic E-state index is 11.4. The first kappa shape index (κ1) is 57.7. The molecule has 0 aliphatic carbocycles. The molecule has 0 saturated carbocycles. The van der Waals surface area contributed by atoms with Crippen molar-refractivity contribution in [3.63, 3.8) is 0 Å². The molecule has 358 valence electrons. The van der Waals surface area contributed by atoms with Crippen LogP contribution >= 0.6 is 22.6 Å². The summed E-state index contributed by atoms with van der Waals surface area (Å²) in [5.41, 5.74) is 4.88. The third-order valence-electron chi connectivity index (χ3n) is 9.34. The molecule has 0 saturated heterocycles. The van der Waals surface area contributed by atoms with Crippen LogP contribution in [0.15, 0.2) is 206 Å². The standard InChI is InChI=1S/C26H20O4.C15H13IO3.C12H11BO3.4CH4/c27-26(28)21-8-6-7-19(17-21)18-29-22-15-13-20(14-16-22)24-11-4-5-12-25(24)30-23-9-2-1-3-10-23;1-18-15(17)12-4-2-3-11(9-12)10-19-14-7-5-13(16)6-8-14;14-13(15)11-8-4-5-9-12(11)16-10-6-2-1-3-7-10;;;;/h1-17H,18H2,(H,27,28);2-9H,10H2,1H3;1-9,14-15H;4*1H4. The minimum absolute atomic E-state index is 0. The maximum absolute atomic E-state index is 11.4. The highest BCUT2D eigenvalue weighted by Gasteiger charge is 2.17. The molecule has 69 heavy (non-hydrogen) atoms. The Morgan fingerprint density at radius 1 is 0.493 bits per heavy atom. The Labute approximate surface area is 421 Å². The molecule has 3 N–H and O–H groups in total. The Bertz CT molecular complexity index is 2730. The number of benzene rings is 8. The first-order valence-corrected chi connectivity index (χ1v) is 21.3. The Morgan fingerprint density at radius 2 is 0.942 bits per heavy atom. The van der Waals surface area contributed by atoms with Gasteiger partial charge in [-0.3, -0.25) is 0 Å². The highest BCUT2D eigenvalue weighted by Crippen LogP contribution is 2.34. The van der Waals surface area contributed by atoms with Crippen LogP contribution in [0.3, 0.4) is 0 Å². The Kier molecular flexibility index (Phi) is 25.2. The van der Waals surface area contributed by atoms with Crippen LogP contribution in [-0.2, 0) is 18.0 Å². The lowest BCUT2D eigenvalue weighted by Crippen LogP contribution is -2.30. The predicted octanol–water partition coefficient (Wildman–Crippen LogP) is 13.8. The van der Waals surface area contributed by atoms with Gasteiger partial charge in [-0.15, -0.1) is 0 Å².